The molecule has 7 nitrogen and oxygen atoms in total. The first-order valence-corrected chi connectivity index (χ1v) is 12.5. The van der Waals surface area contributed by atoms with Crippen molar-refractivity contribution in [2.45, 2.75) is 43.9 Å². The number of hydrogen-bond acceptors (Lipinski definition) is 6. The Morgan fingerprint density at radius 3 is 2.36 bits per heavy atom. The highest BCUT2D eigenvalue weighted by Gasteiger charge is 2.28. The Kier molecular flexibility index (Phi) is 9.36. The summed E-state index contributed by atoms with van der Waals surface area (Å²) in [6.07, 6.45) is 2.06. The molecule has 0 unspecified atom stereocenters. The van der Waals surface area contributed by atoms with Crippen LogP contribution < -0.4 is 10.0 Å². The highest BCUT2D eigenvalue weighted by Crippen LogP contribution is 2.17. The van der Waals surface area contributed by atoms with Gasteiger partial charge in [0.05, 0.1) is 0 Å². The minimum Gasteiger partial charge on any atom is -0.355 e. The average Bonchev–Trinajstić information content (AvgIpc) is 3.20. The molecule has 0 radical (unpaired) electrons. The van der Waals surface area contributed by atoms with Crippen LogP contribution in [-0.2, 0) is 14.8 Å². The molecule has 1 aromatic rings. The molecule has 1 aliphatic heterocycles. The molecule has 1 aromatic heterocycles. The number of amides is 1. The average molecular weight is 431 g/mol. The molecule has 0 spiro atoms. The molecule has 0 aromatic carbocycles. The smallest absolute Gasteiger partial charge is 0.250 e. The molecule has 160 valence electrons. The van der Waals surface area contributed by atoms with Crippen molar-refractivity contribution in [2.24, 2.45) is 5.92 Å². The Morgan fingerprint density at radius 1 is 1.18 bits per heavy atom. The SMILES string of the molecule is CCCN1CCN(CCCNC(=O)[C@H](NS(=O)(=O)c2cccs2)C(C)C)CC1. The van der Waals surface area contributed by atoms with Gasteiger partial charge < -0.3 is 15.1 Å². The summed E-state index contributed by atoms with van der Waals surface area (Å²) in [6.45, 7) is 12.9. The van der Waals surface area contributed by atoms with Crippen molar-refractivity contribution in [3.8, 4) is 0 Å². The molecule has 0 saturated carbocycles. The van der Waals surface area contributed by atoms with Gasteiger partial charge in [0, 0.05) is 32.7 Å². The molecule has 2 heterocycles. The normalized spacial score (nSPS) is 17.7. The number of rotatable bonds is 11. The van der Waals surface area contributed by atoms with Crippen LogP contribution >= 0.6 is 11.3 Å². The van der Waals surface area contributed by atoms with Crippen molar-refractivity contribution in [3.05, 3.63) is 17.5 Å². The molecule has 0 aliphatic carbocycles. The Hall–Kier alpha value is -1.00. The fourth-order valence-electron chi connectivity index (χ4n) is 3.31. The van der Waals surface area contributed by atoms with Gasteiger partial charge in [-0.2, -0.15) is 4.72 Å². The van der Waals surface area contributed by atoms with Crippen molar-refractivity contribution in [3.63, 3.8) is 0 Å². The van der Waals surface area contributed by atoms with Gasteiger partial charge in [0.1, 0.15) is 10.3 Å². The molecule has 28 heavy (non-hydrogen) atoms. The van der Waals surface area contributed by atoms with Gasteiger partial charge in [0.2, 0.25) is 5.91 Å². The Balaban J connectivity index is 1.74. The van der Waals surface area contributed by atoms with Crippen LogP contribution in [0.25, 0.3) is 0 Å². The summed E-state index contributed by atoms with van der Waals surface area (Å²) >= 11 is 1.14. The first-order chi connectivity index (χ1) is 13.3. The zero-order chi connectivity index (χ0) is 20.6. The molecular formula is C19H34N4O3S2. The molecule has 0 bridgehead atoms. The first kappa shape index (κ1) is 23.3. The fourth-order valence-corrected chi connectivity index (χ4v) is 5.66. The van der Waals surface area contributed by atoms with E-state index in [1.54, 1.807) is 17.5 Å². The van der Waals surface area contributed by atoms with Gasteiger partial charge in [-0.05, 0) is 43.3 Å². The monoisotopic (exact) mass is 430 g/mol. The molecule has 1 saturated heterocycles. The van der Waals surface area contributed by atoms with Crippen LogP contribution in [0.3, 0.4) is 0 Å². The number of nitrogens with one attached hydrogen (secondary N) is 2. The van der Waals surface area contributed by atoms with Gasteiger partial charge in [-0.25, -0.2) is 8.42 Å². The summed E-state index contributed by atoms with van der Waals surface area (Å²) in [5.74, 6) is -0.399. The maximum atomic E-state index is 12.5. The second kappa shape index (κ2) is 11.3. The third-order valence-electron chi connectivity index (χ3n) is 4.95. The molecule has 1 atom stereocenters. The number of carbonyl (C=O) groups excluding carboxylic acids is 1. The maximum absolute atomic E-state index is 12.5. The second-order valence-corrected chi connectivity index (χ2v) is 10.5. The third-order valence-corrected chi connectivity index (χ3v) is 7.78. The van der Waals surface area contributed by atoms with Gasteiger partial charge in [-0.15, -0.1) is 11.3 Å². The lowest BCUT2D eigenvalue weighted by atomic mass is 10.1. The van der Waals surface area contributed by atoms with E-state index in [0.29, 0.717) is 6.54 Å². The Morgan fingerprint density at radius 2 is 1.82 bits per heavy atom. The Bertz CT molecular complexity index is 684. The van der Waals surface area contributed by atoms with Crippen molar-refractivity contribution in [2.75, 3.05) is 45.8 Å². The van der Waals surface area contributed by atoms with E-state index in [-0.39, 0.29) is 16.0 Å². The van der Waals surface area contributed by atoms with Crippen LogP contribution in [-0.4, -0.2) is 76.0 Å². The van der Waals surface area contributed by atoms with Crippen molar-refractivity contribution >= 4 is 27.3 Å². The number of sulfonamides is 1. The van der Waals surface area contributed by atoms with E-state index in [1.165, 1.54) is 13.0 Å². The van der Waals surface area contributed by atoms with Gasteiger partial charge in [0.25, 0.3) is 10.0 Å². The number of piperazine rings is 1. The second-order valence-electron chi connectivity index (χ2n) is 7.60. The van der Waals surface area contributed by atoms with Crippen LogP contribution in [0, 0.1) is 5.92 Å². The van der Waals surface area contributed by atoms with Crippen LogP contribution in [0.4, 0.5) is 0 Å². The van der Waals surface area contributed by atoms with Crippen LogP contribution in [0.5, 0.6) is 0 Å². The minimum absolute atomic E-state index is 0.138. The lowest BCUT2D eigenvalue weighted by Crippen LogP contribution is -2.50. The number of nitrogens with zero attached hydrogens (tertiary/aromatic N) is 2. The summed E-state index contributed by atoms with van der Waals surface area (Å²) in [4.78, 5) is 17.5. The molecular weight excluding hydrogens is 396 g/mol. The van der Waals surface area contributed by atoms with E-state index in [2.05, 4.69) is 26.8 Å². The van der Waals surface area contributed by atoms with Crippen LogP contribution in [0.1, 0.15) is 33.6 Å². The lowest BCUT2D eigenvalue weighted by Gasteiger charge is -2.34. The number of carbonyl (C=O) groups is 1. The summed E-state index contributed by atoms with van der Waals surface area (Å²) < 4.78 is 27.6. The van der Waals surface area contributed by atoms with E-state index >= 15 is 0 Å². The van der Waals surface area contributed by atoms with Crippen molar-refractivity contribution in [1.29, 1.82) is 0 Å². The van der Waals surface area contributed by atoms with Gasteiger partial charge in [-0.1, -0.05) is 26.8 Å². The summed E-state index contributed by atoms with van der Waals surface area (Å²) in [5, 5.41) is 4.61. The Labute approximate surface area is 173 Å². The zero-order valence-corrected chi connectivity index (χ0v) is 18.8. The van der Waals surface area contributed by atoms with Crippen LogP contribution in [0.15, 0.2) is 21.7 Å². The van der Waals surface area contributed by atoms with E-state index in [1.807, 2.05) is 13.8 Å². The maximum Gasteiger partial charge on any atom is 0.250 e. The first-order valence-electron chi connectivity index (χ1n) is 10.1. The van der Waals surface area contributed by atoms with E-state index in [9.17, 15) is 13.2 Å². The summed E-state index contributed by atoms with van der Waals surface area (Å²) in [5.41, 5.74) is 0. The third kappa shape index (κ3) is 7.11. The minimum atomic E-state index is -3.67. The highest BCUT2D eigenvalue weighted by molar-refractivity contribution is 7.91. The van der Waals surface area contributed by atoms with Gasteiger partial charge in [0.15, 0.2) is 0 Å². The molecule has 2 N–H and O–H groups in total. The summed E-state index contributed by atoms with van der Waals surface area (Å²) in [6, 6.07) is 2.46. The van der Waals surface area contributed by atoms with Gasteiger partial charge in [-0.3, -0.25) is 4.79 Å². The molecule has 1 fully saturated rings. The highest BCUT2D eigenvalue weighted by atomic mass is 32.2. The molecule has 1 amide bonds. The summed E-state index contributed by atoms with van der Waals surface area (Å²) in [7, 11) is -3.67. The standard InChI is InChI=1S/C19H34N4O3S2/c1-4-9-22-11-13-23(14-12-22)10-6-8-20-19(24)18(16(2)3)21-28(25,26)17-7-5-15-27-17/h5,7,15-16,18,21H,4,6,8-14H2,1-3H3,(H,20,24)/t18-/m1/s1. The van der Waals surface area contributed by atoms with Crippen molar-refractivity contribution in [1.82, 2.24) is 19.8 Å². The quantitative estimate of drug-likeness (QED) is 0.521. The zero-order valence-electron chi connectivity index (χ0n) is 17.2. The van der Waals surface area contributed by atoms with Gasteiger partial charge >= 0.3 is 0 Å². The molecule has 9 heteroatoms. The number of thiophene rings is 1. The van der Waals surface area contributed by atoms with Crippen LogP contribution in [0.2, 0.25) is 0 Å². The van der Waals surface area contributed by atoms with Crippen molar-refractivity contribution < 1.29 is 13.2 Å². The van der Waals surface area contributed by atoms with E-state index in [0.717, 1.165) is 50.5 Å². The topological polar surface area (TPSA) is 81.8 Å². The van der Waals surface area contributed by atoms with E-state index in [4.69, 9.17) is 0 Å². The molecule has 2 rings (SSSR count). The number of hydrogen-bond donors (Lipinski definition) is 2. The lowest BCUT2D eigenvalue weighted by molar-refractivity contribution is -0.123. The fraction of sp³-hybridized carbons (Fsp3) is 0.737. The largest absolute Gasteiger partial charge is 0.355 e. The molecule has 1 aliphatic rings. The predicted molar refractivity (Wildman–Crippen MR) is 114 cm³/mol. The predicted octanol–water partition coefficient (Wildman–Crippen LogP) is 1.58. The van der Waals surface area contributed by atoms with E-state index < -0.39 is 16.1 Å².